The van der Waals surface area contributed by atoms with E-state index in [1.54, 1.807) is 12.1 Å². The molecule has 0 aliphatic carbocycles. The van der Waals surface area contributed by atoms with Gasteiger partial charge in [0.05, 0.1) is 23.9 Å². The van der Waals surface area contributed by atoms with Gasteiger partial charge in [-0.05, 0) is 39.2 Å². The summed E-state index contributed by atoms with van der Waals surface area (Å²) < 4.78 is 33.0. The van der Waals surface area contributed by atoms with Crippen LogP contribution in [0.1, 0.15) is 11.1 Å². The van der Waals surface area contributed by atoms with Gasteiger partial charge in [-0.15, -0.1) is 0 Å². The van der Waals surface area contributed by atoms with Crippen LogP contribution in [-0.4, -0.2) is 22.6 Å². The molecule has 0 bridgehead atoms. The lowest BCUT2D eigenvalue weighted by molar-refractivity contribution is 0.184. The van der Waals surface area contributed by atoms with Gasteiger partial charge in [0.1, 0.15) is 5.75 Å². The predicted molar refractivity (Wildman–Crippen MR) is 69.9 cm³/mol. The molecule has 17 heavy (non-hydrogen) atoms. The Morgan fingerprint density at radius 2 is 1.94 bits per heavy atom. The SMILES string of the molecule is COCc1cc(OC)c(Br)cc1CS(=O)(=O)Cl. The van der Waals surface area contributed by atoms with Crippen molar-refractivity contribution in [1.82, 2.24) is 0 Å². The highest BCUT2D eigenvalue weighted by molar-refractivity contribution is 9.10. The van der Waals surface area contributed by atoms with Gasteiger partial charge in [0, 0.05) is 17.8 Å². The highest BCUT2D eigenvalue weighted by Gasteiger charge is 2.14. The van der Waals surface area contributed by atoms with Crippen molar-refractivity contribution < 1.29 is 17.9 Å². The smallest absolute Gasteiger partial charge is 0.236 e. The van der Waals surface area contributed by atoms with Crippen LogP contribution in [0.4, 0.5) is 0 Å². The summed E-state index contributed by atoms with van der Waals surface area (Å²) in [5, 5.41) is 0. The Hall–Kier alpha value is -0.300. The van der Waals surface area contributed by atoms with Gasteiger partial charge in [0.15, 0.2) is 0 Å². The molecule has 0 aromatic heterocycles. The average Bonchev–Trinajstić information content (AvgIpc) is 2.20. The zero-order valence-corrected chi connectivity index (χ0v) is 12.5. The molecule has 96 valence electrons. The van der Waals surface area contributed by atoms with Gasteiger partial charge in [0.25, 0.3) is 0 Å². The summed E-state index contributed by atoms with van der Waals surface area (Å²) >= 11 is 3.30. The maximum absolute atomic E-state index is 11.1. The highest BCUT2D eigenvalue weighted by atomic mass is 79.9. The molecule has 0 unspecified atom stereocenters. The second-order valence-corrected chi connectivity index (χ2v) is 7.00. The predicted octanol–water partition coefficient (Wildman–Crippen LogP) is 2.67. The van der Waals surface area contributed by atoms with E-state index in [1.165, 1.54) is 14.2 Å². The van der Waals surface area contributed by atoms with E-state index < -0.39 is 9.05 Å². The van der Waals surface area contributed by atoms with Gasteiger partial charge in [-0.1, -0.05) is 0 Å². The van der Waals surface area contributed by atoms with Crippen molar-refractivity contribution in [3.05, 3.63) is 27.7 Å². The van der Waals surface area contributed by atoms with E-state index in [0.29, 0.717) is 22.4 Å². The number of hydrogen-bond acceptors (Lipinski definition) is 4. The number of ether oxygens (including phenoxy) is 2. The lowest BCUT2D eigenvalue weighted by Gasteiger charge is -2.11. The number of rotatable bonds is 5. The quantitative estimate of drug-likeness (QED) is 0.771. The monoisotopic (exact) mass is 342 g/mol. The Labute approximate surface area is 113 Å². The molecule has 1 aromatic carbocycles. The normalized spacial score (nSPS) is 11.5. The van der Waals surface area contributed by atoms with E-state index in [2.05, 4.69) is 15.9 Å². The molecule has 0 heterocycles. The molecule has 0 aliphatic rings. The van der Waals surface area contributed by atoms with Crippen molar-refractivity contribution in [2.75, 3.05) is 14.2 Å². The molecule has 4 nitrogen and oxygen atoms in total. The van der Waals surface area contributed by atoms with Crippen molar-refractivity contribution in [1.29, 1.82) is 0 Å². The van der Waals surface area contributed by atoms with Crippen LogP contribution in [0.15, 0.2) is 16.6 Å². The van der Waals surface area contributed by atoms with Crippen molar-refractivity contribution in [2.45, 2.75) is 12.4 Å². The summed E-state index contributed by atoms with van der Waals surface area (Å²) in [4.78, 5) is 0. The zero-order valence-electron chi connectivity index (χ0n) is 9.37. The minimum absolute atomic E-state index is 0.240. The molecule has 0 aliphatic heterocycles. The Morgan fingerprint density at radius 3 is 2.41 bits per heavy atom. The van der Waals surface area contributed by atoms with Crippen LogP contribution in [0.3, 0.4) is 0 Å². The maximum atomic E-state index is 11.1. The van der Waals surface area contributed by atoms with Crippen molar-refractivity contribution >= 4 is 35.7 Å². The minimum atomic E-state index is -3.60. The van der Waals surface area contributed by atoms with E-state index in [1.807, 2.05) is 0 Å². The van der Waals surface area contributed by atoms with Crippen molar-refractivity contribution in [3.63, 3.8) is 0 Å². The molecule has 0 N–H and O–H groups in total. The molecule has 0 saturated carbocycles. The van der Waals surface area contributed by atoms with E-state index in [-0.39, 0.29) is 5.75 Å². The molecule has 0 fully saturated rings. The van der Waals surface area contributed by atoms with Crippen LogP contribution >= 0.6 is 26.6 Å². The molecule has 0 radical (unpaired) electrons. The van der Waals surface area contributed by atoms with Crippen molar-refractivity contribution in [3.8, 4) is 5.75 Å². The van der Waals surface area contributed by atoms with Gasteiger partial charge in [0.2, 0.25) is 9.05 Å². The maximum Gasteiger partial charge on any atom is 0.236 e. The number of halogens is 2. The van der Waals surface area contributed by atoms with Gasteiger partial charge in [-0.2, -0.15) is 0 Å². The highest BCUT2D eigenvalue weighted by Crippen LogP contribution is 2.30. The molecule has 0 spiro atoms. The Balaban J connectivity index is 3.22. The van der Waals surface area contributed by atoms with E-state index in [9.17, 15) is 8.42 Å². The largest absolute Gasteiger partial charge is 0.496 e. The first-order valence-corrected chi connectivity index (χ1v) is 7.91. The second kappa shape index (κ2) is 6.04. The number of hydrogen-bond donors (Lipinski definition) is 0. The molecule has 7 heteroatoms. The van der Waals surface area contributed by atoms with Crippen LogP contribution in [0.2, 0.25) is 0 Å². The first-order chi connectivity index (χ1) is 7.87. The molecule has 1 rings (SSSR count). The minimum Gasteiger partial charge on any atom is -0.496 e. The summed E-state index contributed by atoms with van der Waals surface area (Å²) in [6.45, 7) is 0.297. The van der Waals surface area contributed by atoms with E-state index >= 15 is 0 Å². The first-order valence-electron chi connectivity index (χ1n) is 4.64. The van der Waals surface area contributed by atoms with Gasteiger partial charge in [-0.3, -0.25) is 0 Å². The summed E-state index contributed by atoms with van der Waals surface area (Å²) in [5.74, 6) is 0.378. The van der Waals surface area contributed by atoms with E-state index in [0.717, 1.165) is 5.56 Å². The standard InChI is InChI=1S/C10H12BrClO4S/c1-15-5-7-4-10(16-2)9(11)3-8(7)6-17(12,13)14/h3-4H,5-6H2,1-2H3. The van der Waals surface area contributed by atoms with Gasteiger partial charge < -0.3 is 9.47 Å². The van der Waals surface area contributed by atoms with Gasteiger partial charge >= 0.3 is 0 Å². The third-order valence-electron chi connectivity index (χ3n) is 2.10. The Bertz CT molecular complexity index is 501. The average molecular weight is 344 g/mol. The van der Waals surface area contributed by atoms with Crippen molar-refractivity contribution in [2.24, 2.45) is 0 Å². The molecule has 0 amide bonds. The third-order valence-corrected chi connectivity index (χ3v) is 3.70. The first kappa shape index (κ1) is 14.8. The van der Waals surface area contributed by atoms with E-state index in [4.69, 9.17) is 20.2 Å². The lowest BCUT2D eigenvalue weighted by Crippen LogP contribution is -2.02. The summed E-state index contributed by atoms with van der Waals surface area (Å²) in [5.41, 5.74) is 1.33. The van der Waals surface area contributed by atoms with Crippen LogP contribution in [-0.2, 0) is 26.1 Å². The molecule has 0 atom stereocenters. The Kier molecular flexibility index (Phi) is 5.24. The van der Waals surface area contributed by atoms with Gasteiger partial charge in [-0.25, -0.2) is 8.42 Å². The topological polar surface area (TPSA) is 52.6 Å². The number of benzene rings is 1. The molecule has 0 saturated heterocycles. The molecular weight excluding hydrogens is 332 g/mol. The lowest BCUT2D eigenvalue weighted by atomic mass is 10.1. The summed E-state index contributed by atoms with van der Waals surface area (Å²) in [7, 11) is 4.72. The third kappa shape index (κ3) is 4.46. The second-order valence-electron chi connectivity index (χ2n) is 3.37. The fourth-order valence-corrected chi connectivity index (χ4v) is 2.95. The summed E-state index contributed by atoms with van der Waals surface area (Å²) in [6.07, 6.45) is 0. The van der Waals surface area contributed by atoms with Crippen LogP contribution in [0, 0.1) is 0 Å². The number of methoxy groups -OCH3 is 2. The van der Waals surface area contributed by atoms with Crippen LogP contribution in [0.25, 0.3) is 0 Å². The fraction of sp³-hybridized carbons (Fsp3) is 0.400. The van der Waals surface area contributed by atoms with Crippen LogP contribution < -0.4 is 4.74 Å². The molecular formula is C10H12BrClO4S. The summed E-state index contributed by atoms with van der Waals surface area (Å²) in [6, 6.07) is 3.40. The zero-order chi connectivity index (χ0) is 13.1. The fourth-order valence-electron chi connectivity index (χ4n) is 1.40. The Morgan fingerprint density at radius 1 is 1.29 bits per heavy atom. The van der Waals surface area contributed by atoms with Crippen LogP contribution in [0.5, 0.6) is 5.75 Å². The molecule has 1 aromatic rings.